The van der Waals surface area contributed by atoms with Crippen LogP contribution in [-0.4, -0.2) is 65.1 Å². The van der Waals surface area contributed by atoms with E-state index in [1.54, 1.807) is 6.20 Å². The van der Waals surface area contributed by atoms with E-state index in [-0.39, 0.29) is 28.8 Å². The maximum Gasteiger partial charge on any atom is 0.490 e. The number of rotatable bonds is 3. The number of nitrogens with zero attached hydrogens (tertiary/aromatic N) is 1. The number of nitrogens with one attached hydrogen (secondary N) is 3. The molecule has 0 aromatic carbocycles. The highest BCUT2D eigenvalue weighted by atomic mass is 19.4. The minimum Gasteiger partial charge on any atom is -0.475 e. The summed E-state index contributed by atoms with van der Waals surface area (Å²) in [4.78, 5) is 33.6. The zero-order valence-electron chi connectivity index (χ0n) is 17.6. The first-order valence-electron chi connectivity index (χ1n) is 9.80. The van der Waals surface area contributed by atoms with Gasteiger partial charge in [0.25, 0.3) is 5.91 Å². The van der Waals surface area contributed by atoms with Crippen LogP contribution in [0, 0.1) is 5.41 Å². The lowest BCUT2D eigenvalue weighted by Gasteiger charge is -2.29. The van der Waals surface area contributed by atoms with Crippen LogP contribution >= 0.6 is 0 Å². The van der Waals surface area contributed by atoms with Gasteiger partial charge in [-0.3, -0.25) is 14.7 Å². The number of piperidine rings is 1. The van der Waals surface area contributed by atoms with Crippen molar-refractivity contribution in [2.45, 2.75) is 57.7 Å². The summed E-state index contributed by atoms with van der Waals surface area (Å²) in [6.45, 7) is 8.11. The van der Waals surface area contributed by atoms with Crippen molar-refractivity contribution in [2.75, 3.05) is 19.6 Å². The number of aromatic nitrogens is 2. The van der Waals surface area contributed by atoms with Gasteiger partial charge in [0.2, 0.25) is 0 Å². The van der Waals surface area contributed by atoms with Gasteiger partial charge in [0.1, 0.15) is 6.10 Å². The first kappa shape index (κ1) is 24.6. The number of ether oxygens (including phenoxy) is 1. The lowest BCUT2D eigenvalue weighted by molar-refractivity contribution is -0.192. The average Bonchev–Trinajstić information content (AvgIpc) is 3.26. The molecule has 0 aliphatic carbocycles. The smallest absolute Gasteiger partial charge is 0.475 e. The van der Waals surface area contributed by atoms with Crippen LogP contribution in [0.25, 0.3) is 0 Å². The zero-order valence-corrected chi connectivity index (χ0v) is 17.6. The molecule has 31 heavy (non-hydrogen) atoms. The van der Waals surface area contributed by atoms with Crippen molar-refractivity contribution in [3.63, 3.8) is 0 Å². The fourth-order valence-corrected chi connectivity index (χ4v) is 3.60. The normalized spacial score (nSPS) is 20.6. The van der Waals surface area contributed by atoms with Crippen LogP contribution < -0.4 is 10.6 Å². The third-order valence-corrected chi connectivity index (χ3v) is 5.25. The van der Waals surface area contributed by atoms with Gasteiger partial charge < -0.3 is 20.5 Å². The molecular formula is C19H27F3N4O5. The number of carboxylic acids is 1. The molecule has 0 bridgehead atoms. The quantitative estimate of drug-likeness (QED) is 0.518. The number of hydrogen-bond donors (Lipinski definition) is 4. The molecule has 0 radical (unpaired) electrons. The van der Waals surface area contributed by atoms with Crippen LogP contribution in [0.3, 0.4) is 0 Å². The minimum absolute atomic E-state index is 0.109. The zero-order chi connectivity index (χ0) is 23.4. The topological polar surface area (TPSA) is 133 Å². The number of H-pyrrole nitrogens is 1. The monoisotopic (exact) mass is 448 g/mol. The number of esters is 1. The second-order valence-corrected chi connectivity index (χ2v) is 8.68. The Hall–Kier alpha value is -2.63. The molecule has 2 fully saturated rings. The van der Waals surface area contributed by atoms with Gasteiger partial charge in [-0.25, -0.2) is 4.79 Å². The summed E-state index contributed by atoms with van der Waals surface area (Å²) in [6, 6.07) is 0. The largest absolute Gasteiger partial charge is 0.490 e. The third-order valence-electron chi connectivity index (χ3n) is 5.25. The summed E-state index contributed by atoms with van der Waals surface area (Å²) in [5.41, 5.74) is 0.802. The lowest BCUT2D eigenvalue weighted by Crippen LogP contribution is -2.40. The summed E-state index contributed by atoms with van der Waals surface area (Å²) in [7, 11) is 0. The summed E-state index contributed by atoms with van der Waals surface area (Å²) in [5.74, 6) is -3.05. The average molecular weight is 448 g/mol. The van der Waals surface area contributed by atoms with Gasteiger partial charge in [0, 0.05) is 11.8 Å². The molecule has 1 atom stereocenters. The molecule has 1 aromatic rings. The van der Waals surface area contributed by atoms with Crippen LogP contribution in [-0.2, 0) is 19.7 Å². The van der Waals surface area contributed by atoms with Crippen LogP contribution in [0.2, 0.25) is 0 Å². The maximum absolute atomic E-state index is 12.5. The Kier molecular flexibility index (Phi) is 7.35. The Bertz CT molecular complexity index is 810. The minimum atomic E-state index is -5.08. The van der Waals surface area contributed by atoms with Crippen LogP contribution in [0.4, 0.5) is 13.2 Å². The Morgan fingerprint density at radius 3 is 2.39 bits per heavy atom. The van der Waals surface area contributed by atoms with Crippen molar-refractivity contribution in [1.29, 1.82) is 0 Å². The predicted octanol–water partition coefficient (Wildman–Crippen LogP) is 1.76. The first-order valence-corrected chi connectivity index (χ1v) is 9.80. The van der Waals surface area contributed by atoms with Gasteiger partial charge in [0.15, 0.2) is 0 Å². The van der Waals surface area contributed by atoms with Crippen LogP contribution in [0.1, 0.15) is 56.1 Å². The van der Waals surface area contributed by atoms with Crippen molar-refractivity contribution in [2.24, 2.45) is 5.41 Å². The molecule has 174 valence electrons. The second kappa shape index (κ2) is 9.25. The fourth-order valence-electron chi connectivity index (χ4n) is 3.60. The Labute approximate surface area is 177 Å². The highest BCUT2D eigenvalue weighted by molar-refractivity contribution is 5.95. The molecule has 1 aromatic heterocycles. The van der Waals surface area contributed by atoms with Crippen LogP contribution in [0.15, 0.2) is 6.20 Å². The van der Waals surface area contributed by atoms with E-state index in [4.69, 9.17) is 14.6 Å². The van der Waals surface area contributed by atoms with Gasteiger partial charge in [-0.15, -0.1) is 0 Å². The highest BCUT2D eigenvalue weighted by Crippen LogP contribution is 2.41. The molecule has 3 rings (SSSR count). The summed E-state index contributed by atoms with van der Waals surface area (Å²) >= 11 is 0. The number of carbonyl (C=O) groups is 3. The molecule has 3 heterocycles. The van der Waals surface area contributed by atoms with E-state index in [1.807, 2.05) is 20.8 Å². The summed E-state index contributed by atoms with van der Waals surface area (Å²) in [5, 5.41) is 20.2. The summed E-state index contributed by atoms with van der Waals surface area (Å²) < 4.78 is 37.3. The van der Waals surface area contributed by atoms with Crippen molar-refractivity contribution in [3.05, 3.63) is 17.5 Å². The Balaban J connectivity index is 0.000000423. The molecule has 4 N–H and O–H groups in total. The van der Waals surface area contributed by atoms with Gasteiger partial charge >= 0.3 is 18.1 Å². The molecule has 1 spiro atoms. The van der Waals surface area contributed by atoms with E-state index in [0.29, 0.717) is 18.5 Å². The molecule has 2 aliphatic rings. The SMILES string of the molecule is CC(C)(C)c1[nH]ncc1C(=O)NCC1CC2(CCNCC2)C(=O)O1.O=C(O)C(F)(F)F. The summed E-state index contributed by atoms with van der Waals surface area (Å²) in [6.07, 6.45) is -1.47. The van der Waals surface area contributed by atoms with Gasteiger partial charge in [-0.2, -0.15) is 18.3 Å². The maximum atomic E-state index is 12.5. The second-order valence-electron chi connectivity index (χ2n) is 8.68. The first-order chi connectivity index (χ1) is 14.3. The number of halogens is 3. The third kappa shape index (κ3) is 6.18. The molecule has 2 saturated heterocycles. The van der Waals surface area contributed by atoms with Crippen molar-refractivity contribution in [3.8, 4) is 0 Å². The van der Waals surface area contributed by atoms with Gasteiger partial charge in [-0.05, 0) is 25.9 Å². The molecular weight excluding hydrogens is 421 g/mol. The van der Waals surface area contributed by atoms with Crippen molar-refractivity contribution < 1.29 is 37.4 Å². The van der Waals surface area contributed by atoms with E-state index in [9.17, 15) is 22.8 Å². The van der Waals surface area contributed by atoms with Crippen LogP contribution in [0.5, 0.6) is 0 Å². The number of carboxylic acid groups (broad SMARTS) is 1. The Morgan fingerprint density at radius 1 is 1.29 bits per heavy atom. The van der Waals surface area contributed by atoms with E-state index < -0.39 is 12.1 Å². The molecule has 2 aliphatic heterocycles. The molecule has 0 saturated carbocycles. The number of amides is 1. The van der Waals surface area contributed by atoms with Gasteiger partial charge in [0.05, 0.1) is 29.4 Å². The molecule has 9 nitrogen and oxygen atoms in total. The number of carbonyl (C=O) groups excluding carboxylic acids is 2. The number of alkyl halides is 3. The van der Waals surface area contributed by atoms with E-state index in [1.165, 1.54) is 0 Å². The standard InChI is InChI=1S/C17H26N4O3.C2HF3O2/c1-16(2,3)13-12(10-20-21-13)14(22)19-9-11-8-17(15(23)24-11)4-6-18-7-5-17;3-2(4,5)1(6)7/h10-11,18H,4-9H2,1-3H3,(H,19,22)(H,20,21);(H,6,7). The van der Waals surface area contributed by atoms with Crippen molar-refractivity contribution >= 4 is 17.8 Å². The van der Waals surface area contributed by atoms with Crippen molar-refractivity contribution in [1.82, 2.24) is 20.8 Å². The molecule has 1 unspecified atom stereocenters. The lowest BCUT2D eigenvalue weighted by atomic mass is 9.76. The van der Waals surface area contributed by atoms with E-state index >= 15 is 0 Å². The van der Waals surface area contributed by atoms with E-state index in [2.05, 4.69) is 20.8 Å². The number of aromatic amines is 1. The highest BCUT2D eigenvalue weighted by Gasteiger charge is 2.49. The fraction of sp³-hybridized carbons (Fsp3) is 0.684. The number of aliphatic carboxylic acids is 1. The number of cyclic esters (lactones) is 1. The van der Waals surface area contributed by atoms with E-state index in [0.717, 1.165) is 31.6 Å². The van der Waals surface area contributed by atoms with Gasteiger partial charge in [-0.1, -0.05) is 20.8 Å². The predicted molar refractivity (Wildman–Crippen MR) is 102 cm³/mol. The Morgan fingerprint density at radius 2 is 1.87 bits per heavy atom. The number of hydrogen-bond acceptors (Lipinski definition) is 6. The molecule has 12 heteroatoms. The molecule has 1 amide bonds.